The predicted molar refractivity (Wildman–Crippen MR) is 81.2 cm³/mol. The Labute approximate surface area is 126 Å². The smallest absolute Gasteiger partial charge is 0.161 e. The minimum atomic E-state index is 0.721. The Hall–Kier alpha value is -1.53. The molecule has 0 saturated heterocycles. The average molecular weight is 340 g/mol. The normalized spacial score (nSPS) is 10.6. The van der Waals surface area contributed by atoms with Gasteiger partial charge in [-0.15, -0.1) is 0 Å². The molecule has 2 aromatic rings. The standard InChI is InChI=1S/C14H18BrN3O2/c1-19-12-7-10(11(15)8-13(12)20-2)9-16-4-3-14-17-5-6-18-14/h5-8,16H,3-4,9H2,1-2H3,(H,17,18). The van der Waals surface area contributed by atoms with Gasteiger partial charge in [0.2, 0.25) is 0 Å². The molecule has 0 spiro atoms. The highest BCUT2D eigenvalue weighted by Crippen LogP contribution is 2.33. The van der Waals surface area contributed by atoms with Crippen LogP contribution in [0.1, 0.15) is 11.4 Å². The summed E-state index contributed by atoms with van der Waals surface area (Å²) >= 11 is 3.55. The van der Waals surface area contributed by atoms with Gasteiger partial charge >= 0.3 is 0 Å². The molecule has 2 N–H and O–H groups in total. The van der Waals surface area contributed by atoms with E-state index in [0.717, 1.165) is 46.9 Å². The Morgan fingerprint density at radius 2 is 2.00 bits per heavy atom. The van der Waals surface area contributed by atoms with E-state index in [-0.39, 0.29) is 0 Å². The van der Waals surface area contributed by atoms with E-state index in [1.807, 2.05) is 18.3 Å². The predicted octanol–water partition coefficient (Wildman–Crippen LogP) is 2.52. The van der Waals surface area contributed by atoms with E-state index in [1.54, 1.807) is 20.4 Å². The van der Waals surface area contributed by atoms with Crippen LogP contribution in [0.2, 0.25) is 0 Å². The first kappa shape index (κ1) is 14.9. The lowest BCUT2D eigenvalue weighted by molar-refractivity contribution is 0.354. The Morgan fingerprint density at radius 1 is 1.25 bits per heavy atom. The Bertz CT molecular complexity index is 544. The van der Waals surface area contributed by atoms with Crippen LogP contribution in [0, 0.1) is 0 Å². The topological polar surface area (TPSA) is 59.2 Å². The highest BCUT2D eigenvalue weighted by molar-refractivity contribution is 9.10. The number of H-pyrrole nitrogens is 1. The number of hydrogen-bond acceptors (Lipinski definition) is 4. The highest BCUT2D eigenvalue weighted by atomic mass is 79.9. The van der Waals surface area contributed by atoms with Crippen LogP contribution in [0.25, 0.3) is 0 Å². The van der Waals surface area contributed by atoms with E-state index in [1.165, 1.54) is 0 Å². The number of hydrogen-bond donors (Lipinski definition) is 2. The SMILES string of the molecule is COc1cc(Br)c(CNCCc2ncc[nH]2)cc1OC. The summed E-state index contributed by atoms with van der Waals surface area (Å²) in [5.74, 6) is 2.45. The molecule has 0 saturated carbocycles. The molecule has 0 aliphatic heterocycles. The number of nitrogens with zero attached hydrogens (tertiary/aromatic N) is 1. The number of methoxy groups -OCH3 is 2. The first-order chi connectivity index (χ1) is 9.74. The molecule has 0 aliphatic rings. The van der Waals surface area contributed by atoms with Gasteiger partial charge in [0.25, 0.3) is 0 Å². The molecule has 0 aliphatic carbocycles. The molecule has 0 fully saturated rings. The maximum atomic E-state index is 5.31. The van der Waals surface area contributed by atoms with Crippen molar-refractivity contribution < 1.29 is 9.47 Å². The van der Waals surface area contributed by atoms with Gasteiger partial charge < -0.3 is 19.8 Å². The summed E-state index contributed by atoms with van der Waals surface area (Å²) in [5.41, 5.74) is 1.13. The molecule has 0 amide bonds. The monoisotopic (exact) mass is 339 g/mol. The lowest BCUT2D eigenvalue weighted by Crippen LogP contribution is -2.17. The van der Waals surface area contributed by atoms with Crippen LogP contribution < -0.4 is 14.8 Å². The quantitative estimate of drug-likeness (QED) is 0.761. The zero-order valence-corrected chi connectivity index (χ0v) is 13.2. The molecule has 1 aromatic carbocycles. The number of benzene rings is 1. The lowest BCUT2D eigenvalue weighted by Gasteiger charge is -2.12. The Balaban J connectivity index is 1.92. The van der Waals surface area contributed by atoms with E-state index >= 15 is 0 Å². The maximum absolute atomic E-state index is 5.31. The second kappa shape index (κ2) is 7.31. The lowest BCUT2D eigenvalue weighted by atomic mass is 10.2. The van der Waals surface area contributed by atoms with Crippen molar-refractivity contribution in [2.75, 3.05) is 20.8 Å². The van der Waals surface area contributed by atoms with Crippen LogP contribution in [0.3, 0.4) is 0 Å². The summed E-state index contributed by atoms with van der Waals surface area (Å²) in [6, 6.07) is 3.89. The van der Waals surface area contributed by atoms with Crippen LogP contribution in [-0.4, -0.2) is 30.7 Å². The summed E-state index contributed by atoms with van der Waals surface area (Å²) in [6.07, 6.45) is 4.47. The molecule has 20 heavy (non-hydrogen) atoms. The fraction of sp³-hybridized carbons (Fsp3) is 0.357. The molecular weight excluding hydrogens is 322 g/mol. The van der Waals surface area contributed by atoms with Gasteiger partial charge in [-0.25, -0.2) is 4.98 Å². The number of rotatable bonds is 7. The Kier molecular flexibility index (Phi) is 5.43. The van der Waals surface area contributed by atoms with Gasteiger partial charge in [-0.1, -0.05) is 15.9 Å². The number of halogens is 1. The zero-order chi connectivity index (χ0) is 14.4. The minimum Gasteiger partial charge on any atom is -0.493 e. The third kappa shape index (κ3) is 3.74. The number of aromatic nitrogens is 2. The number of imidazole rings is 1. The molecule has 0 bridgehead atoms. The van der Waals surface area contributed by atoms with Crippen LogP contribution in [-0.2, 0) is 13.0 Å². The zero-order valence-electron chi connectivity index (χ0n) is 11.6. The van der Waals surface area contributed by atoms with Gasteiger partial charge in [0.15, 0.2) is 11.5 Å². The molecule has 1 aromatic heterocycles. The van der Waals surface area contributed by atoms with Gasteiger partial charge in [0, 0.05) is 36.4 Å². The van der Waals surface area contributed by atoms with Gasteiger partial charge in [-0.2, -0.15) is 0 Å². The van der Waals surface area contributed by atoms with Gasteiger partial charge in [0.05, 0.1) is 14.2 Å². The van der Waals surface area contributed by atoms with Crippen LogP contribution in [0.4, 0.5) is 0 Å². The summed E-state index contributed by atoms with van der Waals surface area (Å²) in [5, 5.41) is 3.38. The number of ether oxygens (including phenoxy) is 2. The van der Waals surface area contributed by atoms with E-state index in [9.17, 15) is 0 Å². The average Bonchev–Trinajstić information content (AvgIpc) is 2.97. The minimum absolute atomic E-state index is 0.721. The third-order valence-electron chi connectivity index (χ3n) is 2.96. The molecule has 0 radical (unpaired) electrons. The van der Waals surface area contributed by atoms with Crippen LogP contribution in [0.15, 0.2) is 29.0 Å². The van der Waals surface area contributed by atoms with Crippen LogP contribution in [0.5, 0.6) is 11.5 Å². The third-order valence-corrected chi connectivity index (χ3v) is 3.70. The van der Waals surface area contributed by atoms with E-state index in [4.69, 9.17) is 9.47 Å². The van der Waals surface area contributed by atoms with Crippen molar-refractivity contribution >= 4 is 15.9 Å². The molecule has 0 unspecified atom stereocenters. The van der Waals surface area contributed by atoms with Gasteiger partial charge in [-0.3, -0.25) is 0 Å². The molecule has 6 heteroatoms. The van der Waals surface area contributed by atoms with E-state index in [0.29, 0.717) is 0 Å². The van der Waals surface area contributed by atoms with Crippen molar-refractivity contribution in [2.24, 2.45) is 0 Å². The first-order valence-electron chi connectivity index (χ1n) is 6.34. The van der Waals surface area contributed by atoms with Gasteiger partial charge in [0.1, 0.15) is 5.82 Å². The van der Waals surface area contributed by atoms with Crippen molar-refractivity contribution in [3.05, 3.63) is 40.4 Å². The van der Waals surface area contributed by atoms with Crippen molar-refractivity contribution in [1.29, 1.82) is 0 Å². The fourth-order valence-electron chi connectivity index (χ4n) is 1.90. The number of nitrogens with one attached hydrogen (secondary N) is 2. The van der Waals surface area contributed by atoms with Crippen LogP contribution >= 0.6 is 15.9 Å². The molecule has 5 nitrogen and oxygen atoms in total. The highest BCUT2D eigenvalue weighted by Gasteiger charge is 2.09. The molecular formula is C14H18BrN3O2. The fourth-order valence-corrected chi connectivity index (χ4v) is 2.36. The first-order valence-corrected chi connectivity index (χ1v) is 7.13. The van der Waals surface area contributed by atoms with Crippen molar-refractivity contribution in [3.63, 3.8) is 0 Å². The van der Waals surface area contributed by atoms with E-state index < -0.39 is 0 Å². The summed E-state index contributed by atoms with van der Waals surface area (Å²) in [7, 11) is 3.27. The molecule has 0 atom stereocenters. The summed E-state index contributed by atoms with van der Waals surface area (Å²) < 4.78 is 11.6. The summed E-state index contributed by atoms with van der Waals surface area (Å²) in [4.78, 5) is 7.27. The summed E-state index contributed by atoms with van der Waals surface area (Å²) in [6.45, 7) is 1.61. The maximum Gasteiger partial charge on any atom is 0.161 e. The van der Waals surface area contributed by atoms with Crippen molar-refractivity contribution in [2.45, 2.75) is 13.0 Å². The van der Waals surface area contributed by atoms with Crippen molar-refractivity contribution in [1.82, 2.24) is 15.3 Å². The number of aromatic amines is 1. The molecule has 108 valence electrons. The largest absolute Gasteiger partial charge is 0.493 e. The Morgan fingerprint density at radius 3 is 2.65 bits per heavy atom. The molecule has 2 rings (SSSR count). The second-order valence-electron chi connectivity index (χ2n) is 4.26. The second-order valence-corrected chi connectivity index (χ2v) is 5.12. The van der Waals surface area contributed by atoms with E-state index in [2.05, 4.69) is 31.2 Å². The van der Waals surface area contributed by atoms with Gasteiger partial charge in [-0.05, 0) is 17.7 Å². The molecule has 1 heterocycles. The van der Waals surface area contributed by atoms with Crippen molar-refractivity contribution in [3.8, 4) is 11.5 Å².